The summed E-state index contributed by atoms with van der Waals surface area (Å²) in [6.07, 6.45) is 1.54. The zero-order chi connectivity index (χ0) is 10.2. The van der Waals surface area contributed by atoms with E-state index in [0.29, 0.717) is 13.2 Å². The summed E-state index contributed by atoms with van der Waals surface area (Å²) < 4.78 is 4.40. The summed E-state index contributed by atoms with van der Waals surface area (Å²) in [7, 11) is 0. The summed E-state index contributed by atoms with van der Waals surface area (Å²) in [6.45, 7) is 4.82. The molecule has 0 saturated carbocycles. The molecule has 0 bridgehead atoms. The number of benzene rings is 1. The molecule has 1 N–H and O–H groups in total. The second-order valence-corrected chi connectivity index (χ2v) is 2.68. The standard InChI is InChI=1S/C8H8.C3H5NO2/c1-2-8-6-4-3-5-7-8;5-3-4-1-2-6-3/h2-7H,1H2;1-2H2,(H,4,5). The number of alkyl carbamates (subject to hydrolysis) is 1. The molecule has 0 radical (unpaired) electrons. The smallest absolute Gasteiger partial charge is 0.407 e. The van der Waals surface area contributed by atoms with Crippen molar-refractivity contribution in [3.63, 3.8) is 0 Å². The topological polar surface area (TPSA) is 38.3 Å². The van der Waals surface area contributed by atoms with E-state index < -0.39 is 0 Å². The minimum atomic E-state index is -0.296. The van der Waals surface area contributed by atoms with Gasteiger partial charge in [0.15, 0.2) is 0 Å². The van der Waals surface area contributed by atoms with Crippen molar-refractivity contribution < 1.29 is 9.53 Å². The molecule has 0 aliphatic carbocycles. The van der Waals surface area contributed by atoms with E-state index >= 15 is 0 Å². The Morgan fingerprint density at radius 2 is 2.07 bits per heavy atom. The maximum absolute atomic E-state index is 9.91. The van der Waals surface area contributed by atoms with Gasteiger partial charge in [-0.15, -0.1) is 0 Å². The van der Waals surface area contributed by atoms with E-state index in [9.17, 15) is 4.79 Å². The van der Waals surface area contributed by atoms with Gasteiger partial charge in [-0.05, 0) is 5.56 Å². The number of rotatable bonds is 1. The first-order chi connectivity index (χ1) is 6.83. The largest absolute Gasteiger partial charge is 0.448 e. The van der Waals surface area contributed by atoms with E-state index in [1.807, 2.05) is 36.4 Å². The molecule has 1 aliphatic heterocycles. The molecule has 3 nitrogen and oxygen atoms in total. The van der Waals surface area contributed by atoms with Gasteiger partial charge in [0.1, 0.15) is 6.61 Å². The van der Waals surface area contributed by atoms with Crippen molar-refractivity contribution in [1.82, 2.24) is 5.32 Å². The molecule has 2 rings (SSSR count). The molecule has 0 unspecified atom stereocenters. The molecule has 1 fully saturated rings. The number of hydrogen-bond acceptors (Lipinski definition) is 2. The van der Waals surface area contributed by atoms with Crippen molar-refractivity contribution in [2.24, 2.45) is 0 Å². The summed E-state index contributed by atoms with van der Waals surface area (Å²) in [6, 6.07) is 10.0. The molecule has 1 aromatic rings. The van der Waals surface area contributed by atoms with Gasteiger partial charge in [-0.2, -0.15) is 0 Å². The summed E-state index contributed by atoms with van der Waals surface area (Å²) in [4.78, 5) is 9.91. The summed E-state index contributed by atoms with van der Waals surface area (Å²) in [5.74, 6) is 0. The van der Waals surface area contributed by atoms with E-state index in [2.05, 4.69) is 16.6 Å². The van der Waals surface area contributed by atoms with Gasteiger partial charge < -0.3 is 10.1 Å². The maximum Gasteiger partial charge on any atom is 0.407 e. The minimum Gasteiger partial charge on any atom is -0.448 e. The average molecular weight is 191 g/mol. The summed E-state index contributed by atoms with van der Waals surface area (Å²) >= 11 is 0. The highest BCUT2D eigenvalue weighted by atomic mass is 16.6. The lowest BCUT2D eigenvalue weighted by molar-refractivity contribution is 0.178. The molecule has 0 spiro atoms. The quantitative estimate of drug-likeness (QED) is 0.737. The zero-order valence-corrected chi connectivity index (χ0v) is 7.90. The third-order valence-corrected chi connectivity index (χ3v) is 1.64. The Morgan fingerprint density at radius 3 is 2.36 bits per heavy atom. The third-order valence-electron chi connectivity index (χ3n) is 1.64. The number of ether oxygens (including phenoxy) is 1. The Morgan fingerprint density at radius 1 is 1.36 bits per heavy atom. The van der Waals surface area contributed by atoms with Gasteiger partial charge in [-0.25, -0.2) is 4.79 Å². The molecule has 0 aromatic heterocycles. The van der Waals surface area contributed by atoms with Crippen LogP contribution in [0.3, 0.4) is 0 Å². The fraction of sp³-hybridized carbons (Fsp3) is 0.182. The lowest BCUT2D eigenvalue weighted by Crippen LogP contribution is -2.11. The fourth-order valence-electron chi connectivity index (χ4n) is 0.937. The van der Waals surface area contributed by atoms with Gasteiger partial charge >= 0.3 is 6.09 Å². The third kappa shape index (κ3) is 3.76. The van der Waals surface area contributed by atoms with Crippen LogP contribution in [-0.2, 0) is 4.74 Å². The highest BCUT2D eigenvalue weighted by Gasteiger charge is 2.06. The number of cyclic esters (lactones) is 1. The van der Waals surface area contributed by atoms with Crippen LogP contribution in [0.5, 0.6) is 0 Å². The van der Waals surface area contributed by atoms with Gasteiger partial charge in [0.25, 0.3) is 0 Å². The Hall–Kier alpha value is -1.77. The molecular formula is C11H13NO2. The summed E-state index contributed by atoms with van der Waals surface area (Å²) in [5, 5.41) is 2.46. The highest BCUT2D eigenvalue weighted by molar-refractivity contribution is 5.68. The van der Waals surface area contributed by atoms with Gasteiger partial charge in [-0.3, -0.25) is 0 Å². The highest BCUT2D eigenvalue weighted by Crippen LogP contribution is 1.97. The lowest BCUT2D eigenvalue weighted by Gasteiger charge is -1.85. The predicted molar refractivity (Wildman–Crippen MR) is 55.9 cm³/mol. The number of nitrogens with one attached hydrogen (secondary N) is 1. The zero-order valence-electron chi connectivity index (χ0n) is 7.90. The van der Waals surface area contributed by atoms with Crippen LogP contribution < -0.4 is 5.32 Å². The van der Waals surface area contributed by atoms with Crippen LogP contribution in [0.15, 0.2) is 36.9 Å². The normalized spacial score (nSPS) is 13.3. The van der Waals surface area contributed by atoms with Gasteiger partial charge in [0.05, 0.1) is 6.54 Å². The van der Waals surface area contributed by atoms with Crippen LogP contribution in [0.2, 0.25) is 0 Å². The number of carbonyl (C=O) groups is 1. The molecule has 1 heterocycles. The molecule has 74 valence electrons. The average Bonchev–Trinajstić information content (AvgIpc) is 2.71. The van der Waals surface area contributed by atoms with Crippen LogP contribution in [0.25, 0.3) is 6.08 Å². The first-order valence-electron chi connectivity index (χ1n) is 4.41. The Balaban J connectivity index is 0.000000146. The number of hydrogen-bond donors (Lipinski definition) is 1. The second kappa shape index (κ2) is 5.80. The number of carbonyl (C=O) groups excluding carboxylic acids is 1. The molecule has 14 heavy (non-hydrogen) atoms. The van der Waals surface area contributed by atoms with Gasteiger partial charge in [-0.1, -0.05) is 43.0 Å². The maximum atomic E-state index is 9.91. The van der Waals surface area contributed by atoms with Crippen molar-refractivity contribution in [2.45, 2.75) is 0 Å². The van der Waals surface area contributed by atoms with Crippen molar-refractivity contribution in [3.05, 3.63) is 42.5 Å². The Kier molecular flexibility index (Phi) is 4.27. The van der Waals surface area contributed by atoms with Gasteiger partial charge in [0, 0.05) is 0 Å². The van der Waals surface area contributed by atoms with Crippen molar-refractivity contribution in [1.29, 1.82) is 0 Å². The van der Waals surface area contributed by atoms with E-state index in [4.69, 9.17) is 0 Å². The molecule has 0 atom stereocenters. The van der Waals surface area contributed by atoms with E-state index in [1.54, 1.807) is 0 Å². The first-order valence-corrected chi connectivity index (χ1v) is 4.41. The van der Waals surface area contributed by atoms with E-state index in [-0.39, 0.29) is 6.09 Å². The van der Waals surface area contributed by atoms with Crippen LogP contribution in [0.1, 0.15) is 5.56 Å². The van der Waals surface area contributed by atoms with Crippen LogP contribution >= 0.6 is 0 Å². The molecule has 1 saturated heterocycles. The monoisotopic (exact) mass is 191 g/mol. The van der Waals surface area contributed by atoms with E-state index in [1.165, 1.54) is 5.56 Å². The Labute approximate surface area is 83.4 Å². The van der Waals surface area contributed by atoms with Crippen LogP contribution in [0.4, 0.5) is 4.79 Å². The predicted octanol–water partition coefficient (Wildman–Crippen LogP) is 2.06. The van der Waals surface area contributed by atoms with Crippen molar-refractivity contribution in [3.8, 4) is 0 Å². The first kappa shape index (κ1) is 10.3. The number of amides is 1. The summed E-state index contributed by atoms with van der Waals surface area (Å²) in [5.41, 5.74) is 1.17. The van der Waals surface area contributed by atoms with Crippen LogP contribution in [-0.4, -0.2) is 19.2 Å². The molecule has 3 heteroatoms. The van der Waals surface area contributed by atoms with Crippen molar-refractivity contribution >= 4 is 12.2 Å². The van der Waals surface area contributed by atoms with Crippen LogP contribution in [0, 0.1) is 0 Å². The molecule has 1 amide bonds. The molecule has 1 aliphatic rings. The molecule has 1 aromatic carbocycles. The van der Waals surface area contributed by atoms with E-state index in [0.717, 1.165) is 0 Å². The minimum absolute atomic E-state index is 0.296. The second-order valence-electron chi connectivity index (χ2n) is 2.68. The SMILES string of the molecule is C=Cc1ccccc1.O=C1NCCO1. The molecular weight excluding hydrogens is 178 g/mol. The Bertz CT molecular complexity index is 287. The lowest BCUT2D eigenvalue weighted by atomic mass is 10.2. The fourth-order valence-corrected chi connectivity index (χ4v) is 0.937. The van der Waals surface area contributed by atoms with Crippen molar-refractivity contribution in [2.75, 3.05) is 13.2 Å². The van der Waals surface area contributed by atoms with Gasteiger partial charge in [0.2, 0.25) is 0 Å².